The highest BCUT2D eigenvalue weighted by molar-refractivity contribution is 9.10. The highest BCUT2D eigenvalue weighted by Crippen LogP contribution is 2.54. The van der Waals surface area contributed by atoms with Gasteiger partial charge in [0.25, 0.3) is 5.91 Å². The van der Waals surface area contributed by atoms with Crippen molar-refractivity contribution >= 4 is 33.4 Å². The van der Waals surface area contributed by atoms with Crippen molar-refractivity contribution < 1.29 is 49.0 Å². The van der Waals surface area contributed by atoms with E-state index in [1.165, 1.54) is 12.3 Å². The number of ether oxygens (including phenoxy) is 1. The van der Waals surface area contributed by atoms with Crippen LogP contribution in [0, 0.1) is 11.3 Å². The molecular formula is C23H12BrClF9N5O2. The summed E-state index contributed by atoms with van der Waals surface area (Å²) in [6, 6.07) is 3.20. The molecule has 1 fully saturated rings. The molecule has 2 aromatic heterocycles. The Balaban J connectivity index is 1.78. The van der Waals surface area contributed by atoms with Crippen molar-refractivity contribution in [3.05, 3.63) is 57.5 Å². The third-order valence-electron chi connectivity index (χ3n) is 5.97. The Hall–Kier alpha value is -3.52. The molecule has 1 saturated carbocycles. The Morgan fingerprint density at radius 1 is 1.10 bits per heavy atom. The summed E-state index contributed by atoms with van der Waals surface area (Å²) in [4.78, 5) is 16.5. The van der Waals surface area contributed by atoms with E-state index in [0.29, 0.717) is 12.8 Å². The summed E-state index contributed by atoms with van der Waals surface area (Å²) < 4.78 is 125. The van der Waals surface area contributed by atoms with E-state index < -0.39 is 57.6 Å². The fourth-order valence-electron chi connectivity index (χ4n) is 3.70. The monoisotopic (exact) mass is 675 g/mol. The molecule has 3 aromatic rings. The number of nitrogens with one attached hydrogen (secondary N) is 1. The molecule has 1 aliphatic rings. The van der Waals surface area contributed by atoms with E-state index in [4.69, 9.17) is 11.6 Å². The van der Waals surface area contributed by atoms with Crippen LogP contribution in [-0.4, -0.2) is 45.2 Å². The maximum atomic E-state index is 14.7. The Kier molecular flexibility index (Phi) is 7.71. The van der Waals surface area contributed by atoms with Gasteiger partial charge in [-0.3, -0.25) is 4.79 Å². The van der Waals surface area contributed by atoms with Gasteiger partial charge in [0.2, 0.25) is 0 Å². The number of amides is 1. The first kappa shape index (κ1) is 30.4. The van der Waals surface area contributed by atoms with Crippen LogP contribution >= 0.6 is 27.5 Å². The number of nitrogens with zero attached hydrogens (tertiary/aromatic N) is 4. The Labute approximate surface area is 237 Å². The molecule has 0 radical (unpaired) electrons. The van der Waals surface area contributed by atoms with E-state index in [0.717, 1.165) is 17.1 Å². The lowest BCUT2D eigenvalue weighted by molar-refractivity contribution is -0.348. The summed E-state index contributed by atoms with van der Waals surface area (Å²) in [5.74, 6) is -1.99. The molecule has 0 bridgehead atoms. The summed E-state index contributed by atoms with van der Waals surface area (Å²) >= 11 is 8.72. The molecule has 0 aliphatic heterocycles. The number of carbonyl (C=O) groups is 1. The van der Waals surface area contributed by atoms with Gasteiger partial charge in [0.1, 0.15) is 16.4 Å². The van der Waals surface area contributed by atoms with Crippen LogP contribution in [-0.2, 0) is 5.67 Å². The van der Waals surface area contributed by atoms with Gasteiger partial charge in [-0.05, 0) is 47.0 Å². The molecule has 41 heavy (non-hydrogen) atoms. The van der Waals surface area contributed by atoms with Gasteiger partial charge in [-0.1, -0.05) is 11.6 Å². The number of hydrogen-bond acceptors (Lipinski definition) is 5. The molecule has 0 unspecified atom stereocenters. The number of nitriles is 1. The van der Waals surface area contributed by atoms with Crippen LogP contribution in [0.3, 0.4) is 0 Å². The molecule has 1 N–H and O–H groups in total. The third-order valence-corrected chi connectivity index (χ3v) is 6.87. The first-order valence-electron chi connectivity index (χ1n) is 11.0. The normalized spacial score (nSPS) is 15.0. The molecule has 18 heteroatoms. The zero-order valence-electron chi connectivity index (χ0n) is 19.7. The highest BCUT2D eigenvalue weighted by atomic mass is 79.9. The van der Waals surface area contributed by atoms with Gasteiger partial charge < -0.3 is 10.1 Å². The number of hydrogen-bond donors (Lipinski definition) is 1. The van der Waals surface area contributed by atoms with Crippen LogP contribution in [0.5, 0.6) is 5.75 Å². The number of benzene rings is 1. The van der Waals surface area contributed by atoms with Crippen LogP contribution in [0.15, 0.2) is 41.3 Å². The maximum Gasteiger partial charge on any atom is 0.435 e. The second-order valence-electron chi connectivity index (χ2n) is 8.72. The Morgan fingerprint density at radius 3 is 2.27 bits per heavy atom. The maximum absolute atomic E-state index is 14.7. The van der Waals surface area contributed by atoms with E-state index in [-0.39, 0.29) is 34.0 Å². The van der Waals surface area contributed by atoms with Gasteiger partial charge >= 0.3 is 24.6 Å². The number of rotatable bonds is 7. The minimum absolute atomic E-state index is 0.116. The topological polar surface area (TPSA) is 92.8 Å². The molecule has 1 aromatic carbocycles. The van der Waals surface area contributed by atoms with Crippen molar-refractivity contribution in [3.63, 3.8) is 0 Å². The van der Waals surface area contributed by atoms with Crippen molar-refractivity contribution in [1.82, 2.24) is 20.1 Å². The van der Waals surface area contributed by atoms with Crippen LogP contribution in [0.2, 0.25) is 5.15 Å². The molecule has 0 saturated heterocycles. The van der Waals surface area contributed by atoms with Crippen LogP contribution < -0.4 is 10.1 Å². The summed E-state index contributed by atoms with van der Waals surface area (Å²) in [5.41, 5.74) is -9.45. The highest BCUT2D eigenvalue weighted by Gasteiger charge is 2.73. The standard InChI is InChI=1S/C23H12BrClF9N5O2/c24-14-4-12(21(28,22(29,30)31)23(32,33)34)5-15(41-19(26)27)16(14)39-8-11(7-37-39)10-3-13(17(25)36-6-10)18(40)38-20(9-35)1-2-20/h3-8,19H,1-2H2,(H,38,40). The number of aromatic nitrogens is 3. The lowest BCUT2D eigenvalue weighted by Gasteiger charge is -2.31. The van der Waals surface area contributed by atoms with Crippen LogP contribution in [0.1, 0.15) is 28.8 Å². The quantitative estimate of drug-likeness (QED) is 0.215. The third kappa shape index (κ3) is 5.67. The summed E-state index contributed by atoms with van der Waals surface area (Å²) in [6.45, 7) is -3.73. The predicted molar refractivity (Wildman–Crippen MR) is 126 cm³/mol. The number of halogens is 11. The van der Waals surface area contributed by atoms with Crippen molar-refractivity contribution in [1.29, 1.82) is 5.26 Å². The van der Waals surface area contributed by atoms with Gasteiger partial charge in [0.05, 0.1) is 17.8 Å². The van der Waals surface area contributed by atoms with Crippen molar-refractivity contribution in [2.24, 2.45) is 0 Å². The van der Waals surface area contributed by atoms with Gasteiger partial charge in [-0.15, -0.1) is 0 Å². The zero-order chi connectivity index (χ0) is 30.5. The summed E-state index contributed by atoms with van der Waals surface area (Å²) in [6.07, 6.45) is -8.77. The summed E-state index contributed by atoms with van der Waals surface area (Å²) in [5, 5.41) is 15.4. The van der Waals surface area contributed by atoms with E-state index in [2.05, 4.69) is 36.1 Å². The second-order valence-corrected chi connectivity index (χ2v) is 9.93. The van der Waals surface area contributed by atoms with Crippen molar-refractivity contribution in [2.75, 3.05) is 0 Å². The van der Waals surface area contributed by atoms with Crippen LogP contribution in [0.25, 0.3) is 16.8 Å². The Morgan fingerprint density at radius 2 is 1.73 bits per heavy atom. The zero-order valence-corrected chi connectivity index (χ0v) is 22.1. The largest absolute Gasteiger partial charge is 0.435 e. The molecule has 2 heterocycles. The molecule has 7 nitrogen and oxygen atoms in total. The van der Waals surface area contributed by atoms with Gasteiger partial charge in [0.15, 0.2) is 5.75 Å². The lowest BCUT2D eigenvalue weighted by Crippen LogP contribution is -2.50. The average Bonchev–Trinajstić information content (AvgIpc) is 3.46. The SMILES string of the molecule is N#CC1(NC(=O)c2cc(-c3cnn(-c4c(Br)cc(C(F)(C(F)(F)F)C(F)(F)F)cc4OC(F)F)c3)cnc2Cl)CC1. The van der Waals surface area contributed by atoms with Gasteiger partial charge in [-0.2, -0.15) is 45.5 Å². The fourth-order valence-corrected chi connectivity index (χ4v) is 4.52. The second kappa shape index (κ2) is 10.4. The molecule has 218 valence electrons. The first-order chi connectivity index (χ1) is 18.9. The minimum Gasteiger partial charge on any atom is -0.432 e. The van der Waals surface area contributed by atoms with E-state index in [1.54, 1.807) is 0 Å². The van der Waals surface area contributed by atoms with Gasteiger partial charge in [0, 0.05) is 33.6 Å². The number of carbonyl (C=O) groups excluding carboxylic acids is 1. The molecule has 4 rings (SSSR count). The van der Waals surface area contributed by atoms with Crippen LogP contribution in [0.4, 0.5) is 39.5 Å². The average molecular weight is 677 g/mol. The fraction of sp³-hybridized carbons (Fsp3) is 0.304. The smallest absolute Gasteiger partial charge is 0.432 e. The molecule has 0 spiro atoms. The number of pyridine rings is 1. The van der Waals surface area contributed by atoms with Crippen molar-refractivity contribution in [3.8, 4) is 28.6 Å². The molecule has 1 aliphatic carbocycles. The number of alkyl halides is 9. The van der Waals surface area contributed by atoms with Crippen molar-refractivity contribution in [2.45, 2.75) is 43.0 Å². The molecular weight excluding hydrogens is 665 g/mol. The molecule has 0 atom stereocenters. The molecule has 1 amide bonds. The minimum atomic E-state index is -6.51. The first-order valence-corrected chi connectivity index (χ1v) is 12.2. The van der Waals surface area contributed by atoms with E-state index in [1.807, 2.05) is 6.07 Å². The Bertz CT molecular complexity index is 1530. The lowest BCUT2D eigenvalue weighted by atomic mass is 9.93. The summed E-state index contributed by atoms with van der Waals surface area (Å²) in [7, 11) is 0. The van der Waals surface area contributed by atoms with E-state index >= 15 is 0 Å². The van der Waals surface area contributed by atoms with E-state index in [9.17, 15) is 49.6 Å². The van der Waals surface area contributed by atoms with Gasteiger partial charge in [-0.25, -0.2) is 14.1 Å². The predicted octanol–water partition coefficient (Wildman–Crippen LogP) is 7.03.